The molecule has 0 radical (unpaired) electrons. The molecule has 1 rings (SSSR count). The van der Waals surface area contributed by atoms with Crippen LogP contribution in [0.4, 0.5) is 11.6 Å². The van der Waals surface area contributed by atoms with Crippen LogP contribution in [-0.2, 0) is 6.42 Å². The Labute approximate surface area is 116 Å². The van der Waals surface area contributed by atoms with Crippen LogP contribution in [0.5, 0.6) is 0 Å². The van der Waals surface area contributed by atoms with E-state index in [9.17, 15) is 0 Å². The lowest BCUT2D eigenvalue weighted by molar-refractivity contribution is 0.328. The SMILES string of the molecule is CCCc1nc(NN)cc(N(C)C(C)C(C)(C)C)n1. The van der Waals surface area contributed by atoms with Gasteiger partial charge in [-0.25, -0.2) is 15.8 Å². The molecule has 0 saturated carbocycles. The van der Waals surface area contributed by atoms with Gasteiger partial charge in [-0.05, 0) is 18.8 Å². The average Bonchev–Trinajstić information content (AvgIpc) is 2.35. The molecule has 1 atom stereocenters. The minimum absolute atomic E-state index is 0.181. The van der Waals surface area contributed by atoms with Crippen LogP contribution in [0.25, 0.3) is 0 Å². The molecule has 1 aromatic heterocycles. The van der Waals surface area contributed by atoms with Crippen molar-refractivity contribution in [2.45, 2.75) is 53.5 Å². The van der Waals surface area contributed by atoms with Crippen LogP contribution in [0.15, 0.2) is 6.07 Å². The van der Waals surface area contributed by atoms with Gasteiger partial charge in [0.15, 0.2) is 0 Å². The summed E-state index contributed by atoms with van der Waals surface area (Å²) in [6.07, 6.45) is 1.88. The summed E-state index contributed by atoms with van der Waals surface area (Å²) in [5.74, 6) is 7.90. The van der Waals surface area contributed by atoms with Crippen molar-refractivity contribution in [3.8, 4) is 0 Å². The van der Waals surface area contributed by atoms with Crippen molar-refractivity contribution in [3.63, 3.8) is 0 Å². The highest BCUT2D eigenvalue weighted by atomic mass is 15.3. The molecule has 19 heavy (non-hydrogen) atoms. The molecule has 0 amide bonds. The summed E-state index contributed by atoms with van der Waals surface area (Å²) in [5.41, 5.74) is 2.80. The smallest absolute Gasteiger partial charge is 0.145 e. The first-order chi connectivity index (χ1) is 8.79. The second-order valence-corrected chi connectivity index (χ2v) is 6.07. The largest absolute Gasteiger partial charge is 0.356 e. The molecule has 5 heteroatoms. The van der Waals surface area contributed by atoms with Crippen LogP contribution in [0.2, 0.25) is 0 Å². The molecule has 3 N–H and O–H groups in total. The highest BCUT2D eigenvalue weighted by Gasteiger charge is 2.25. The molecule has 0 saturated heterocycles. The number of rotatable bonds is 5. The van der Waals surface area contributed by atoms with E-state index in [1.165, 1.54) is 0 Å². The van der Waals surface area contributed by atoms with Gasteiger partial charge in [0.1, 0.15) is 17.5 Å². The second-order valence-electron chi connectivity index (χ2n) is 6.07. The van der Waals surface area contributed by atoms with Crippen molar-refractivity contribution in [2.24, 2.45) is 11.3 Å². The zero-order chi connectivity index (χ0) is 14.6. The first-order valence-corrected chi connectivity index (χ1v) is 6.87. The van der Waals surface area contributed by atoms with Gasteiger partial charge in [0.2, 0.25) is 0 Å². The predicted octanol–water partition coefficient (Wildman–Crippen LogP) is 2.59. The van der Waals surface area contributed by atoms with Crippen LogP contribution in [0.1, 0.15) is 46.9 Å². The summed E-state index contributed by atoms with van der Waals surface area (Å²) < 4.78 is 0. The Kier molecular flexibility index (Phi) is 5.11. The first kappa shape index (κ1) is 15.7. The zero-order valence-corrected chi connectivity index (χ0v) is 13.0. The minimum atomic E-state index is 0.181. The molecule has 0 spiro atoms. The molecule has 0 fully saturated rings. The van der Waals surface area contributed by atoms with E-state index in [1.807, 2.05) is 6.07 Å². The maximum atomic E-state index is 5.49. The molecule has 0 aliphatic heterocycles. The van der Waals surface area contributed by atoms with Crippen molar-refractivity contribution >= 4 is 11.6 Å². The van der Waals surface area contributed by atoms with E-state index in [-0.39, 0.29) is 5.41 Å². The molecule has 1 aromatic rings. The number of aryl methyl sites for hydroxylation is 1. The number of nitrogen functional groups attached to an aromatic ring is 1. The van der Waals surface area contributed by atoms with Crippen molar-refractivity contribution < 1.29 is 0 Å². The third-order valence-electron chi connectivity index (χ3n) is 3.58. The lowest BCUT2D eigenvalue weighted by Gasteiger charge is -2.36. The average molecular weight is 265 g/mol. The minimum Gasteiger partial charge on any atom is -0.356 e. The third-order valence-corrected chi connectivity index (χ3v) is 3.58. The van der Waals surface area contributed by atoms with Crippen LogP contribution < -0.4 is 16.2 Å². The van der Waals surface area contributed by atoms with Gasteiger partial charge in [-0.2, -0.15) is 0 Å². The Morgan fingerprint density at radius 2 is 2.00 bits per heavy atom. The van der Waals surface area contributed by atoms with Gasteiger partial charge < -0.3 is 10.3 Å². The maximum Gasteiger partial charge on any atom is 0.145 e. The number of nitrogens with zero attached hydrogens (tertiary/aromatic N) is 3. The summed E-state index contributed by atoms with van der Waals surface area (Å²) in [5, 5.41) is 0. The van der Waals surface area contributed by atoms with Crippen molar-refractivity contribution in [2.75, 3.05) is 17.4 Å². The second kappa shape index (κ2) is 6.19. The molecule has 0 bridgehead atoms. The molecular weight excluding hydrogens is 238 g/mol. The van der Waals surface area contributed by atoms with Crippen LogP contribution in [-0.4, -0.2) is 23.1 Å². The number of aromatic nitrogens is 2. The number of nitrogens with one attached hydrogen (secondary N) is 1. The van der Waals surface area contributed by atoms with E-state index in [2.05, 4.69) is 62.0 Å². The summed E-state index contributed by atoms with van der Waals surface area (Å²) in [7, 11) is 2.06. The Hall–Kier alpha value is -1.36. The molecular formula is C14H27N5. The van der Waals surface area contributed by atoms with E-state index >= 15 is 0 Å². The summed E-state index contributed by atoms with van der Waals surface area (Å²) in [6.45, 7) is 11.0. The van der Waals surface area contributed by atoms with Gasteiger partial charge >= 0.3 is 0 Å². The predicted molar refractivity (Wildman–Crippen MR) is 81.2 cm³/mol. The monoisotopic (exact) mass is 265 g/mol. The molecule has 1 heterocycles. The normalized spacial score (nSPS) is 13.2. The highest BCUT2D eigenvalue weighted by molar-refractivity contribution is 5.49. The standard InChI is InChI=1S/C14H27N5/c1-7-8-11-16-12(18-15)9-13(17-11)19(6)10(2)14(3,4)5/h9-10H,7-8,15H2,1-6H3,(H,16,17,18). The van der Waals surface area contributed by atoms with E-state index in [4.69, 9.17) is 5.84 Å². The fourth-order valence-electron chi connectivity index (χ4n) is 1.85. The number of hydrazine groups is 1. The highest BCUT2D eigenvalue weighted by Crippen LogP contribution is 2.27. The van der Waals surface area contributed by atoms with Gasteiger partial charge in [-0.3, -0.25) is 0 Å². The third kappa shape index (κ3) is 4.06. The topological polar surface area (TPSA) is 67.1 Å². The summed E-state index contributed by atoms with van der Waals surface area (Å²) in [6, 6.07) is 2.25. The lowest BCUT2D eigenvalue weighted by Crippen LogP contribution is -2.40. The number of nitrogens with two attached hydrogens (primary N) is 1. The van der Waals surface area contributed by atoms with Crippen LogP contribution in [0, 0.1) is 5.41 Å². The van der Waals surface area contributed by atoms with Gasteiger partial charge in [0.05, 0.1) is 0 Å². The van der Waals surface area contributed by atoms with E-state index < -0.39 is 0 Å². The quantitative estimate of drug-likeness (QED) is 0.632. The molecule has 108 valence electrons. The molecule has 0 aliphatic rings. The molecule has 1 unspecified atom stereocenters. The van der Waals surface area contributed by atoms with Gasteiger partial charge in [-0.1, -0.05) is 27.7 Å². The van der Waals surface area contributed by atoms with Crippen LogP contribution in [0.3, 0.4) is 0 Å². The van der Waals surface area contributed by atoms with Crippen molar-refractivity contribution in [3.05, 3.63) is 11.9 Å². The number of anilines is 2. The Morgan fingerprint density at radius 1 is 1.37 bits per heavy atom. The van der Waals surface area contributed by atoms with Gasteiger partial charge in [-0.15, -0.1) is 0 Å². The van der Waals surface area contributed by atoms with Crippen molar-refractivity contribution in [1.82, 2.24) is 9.97 Å². The Bertz CT molecular complexity index is 411. The van der Waals surface area contributed by atoms with Crippen molar-refractivity contribution in [1.29, 1.82) is 0 Å². The molecule has 0 aliphatic carbocycles. The fourth-order valence-corrected chi connectivity index (χ4v) is 1.85. The van der Waals surface area contributed by atoms with E-state index in [0.717, 1.165) is 24.5 Å². The number of hydrogen-bond donors (Lipinski definition) is 2. The van der Waals surface area contributed by atoms with Gasteiger partial charge in [0, 0.05) is 25.6 Å². The summed E-state index contributed by atoms with van der Waals surface area (Å²) >= 11 is 0. The summed E-state index contributed by atoms with van der Waals surface area (Å²) in [4.78, 5) is 11.2. The maximum absolute atomic E-state index is 5.49. The molecule has 0 aromatic carbocycles. The fraction of sp³-hybridized carbons (Fsp3) is 0.714. The molecule has 5 nitrogen and oxygen atoms in total. The first-order valence-electron chi connectivity index (χ1n) is 6.87. The van der Waals surface area contributed by atoms with E-state index in [0.29, 0.717) is 11.9 Å². The zero-order valence-electron chi connectivity index (χ0n) is 13.0. The Morgan fingerprint density at radius 3 is 2.47 bits per heavy atom. The number of hydrogen-bond acceptors (Lipinski definition) is 5. The van der Waals surface area contributed by atoms with Gasteiger partial charge in [0.25, 0.3) is 0 Å². The van der Waals surface area contributed by atoms with E-state index in [1.54, 1.807) is 0 Å². The Balaban J connectivity index is 3.07. The lowest BCUT2D eigenvalue weighted by atomic mass is 9.87. The van der Waals surface area contributed by atoms with Crippen LogP contribution >= 0.6 is 0 Å².